The zero-order chi connectivity index (χ0) is 21.5. The van der Waals surface area contributed by atoms with Gasteiger partial charge in [0.05, 0.1) is 12.2 Å². The third-order valence-corrected chi connectivity index (χ3v) is 6.71. The summed E-state index contributed by atoms with van der Waals surface area (Å²) in [6.07, 6.45) is -0.773. The molecule has 1 saturated carbocycles. The van der Waals surface area contributed by atoms with Gasteiger partial charge in [-0.2, -0.15) is 13.2 Å². The van der Waals surface area contributed by atoms with Crippen molar-refractivity contribution in [2.75, 3.05) is 11.9 Å². The minimum Gasteiger partial charge on any atom is -0.476 e. The summed E-state index contributed by atoms with van der Waals surface area (Å²) in [5.74, 6) is 0.183. The van der Waals surface area contributed by atoms with E-state index in [-0.39, 0.29) is 17.7 Å². The Labute approximate surface area is 177 Å². The second kappa shape index (κ2) is 7.76. The maximum Gasteiger partial charge on any atom is 0.417 e. The molecule has 8 heteroatoms. The summed E-state index contributed by atoms with van der Waals surface area (Å²) in [6, 6.07) is 8.12. The van der Waals surface area contributed by atoms with Gasteiger partial charge in [-0.25, -0.2) is 4.98 Å². The second-order valence-corrected chi connectivity index (χ2v) is 8.70. The fourth-order valence-corrected chi connectivity index (χ4v) is 4.62. The molecular formula is C22H22ClF3N2O2. The van der Waals surface area contributed by atoms with E-state index in [0.29, 0.717) is 41.6 Å². The molecule has 2 aliphatic rings. The van der Waals surface area contributed by atoms with Crippen LogP contribution in [0.25, 0.3) is 0 Å². The van der Waals surface area contributed by atoms with Crippen molar-refractivity contribution < 1.29 is 22.7 Å². The number of carbonyl (C=O) groups is 1. The molecule has 1 spiro atoms. The van der Waals surface area contributed by atoms with Gasteiger partial charge < -0.3 is 10.1 Å². The van der Waals surface area contributed by atoms with Gasteiger partial charge in [0.25, 0.3) is 0 Å². The Kier molecular flexibility index (Phi) is 5.43. The van der Waals surface area contributed by atoms with Crippen molar-refractivity contribution in [3.05, 3.63) is 52.7 Å². The number of hydrogen-bond donors (Lipinski definition) is 1. The molecule has 1 aromatic heterocycles. The van der Waals surface area contributed by atoms with Crippen LogP contribution in [0.1, 0.15) is 43.7 Å². The number of fused-ring (bicyclic) bond motifs is 2. The van der Waals surface area contributed by atoms with E-state index in [9.17, 15) is 18.0 Å². The minimum absolute atomic E-state index is 0.0673. The highest BCUT2D eigenvalue weighted by Crippen LogP contribution is 2.50. The van der Waals surface area contributed by atoms with Gasteiger partial charge >= 0.3 is 6.18 Å². The van der Waals surface area contributed by atoms with E-state index < -0.39 is 17.2 Å². The lowest BCUT2D eigenvalue weighted by Crippen LogP contribution is -2.37. The number of carbonyl (C=O) groups excluding carboxylic acids is 1. The first kappa shape index (κ1) is 21.0. The first-order chi connectivity index (χ1) is 14.2. The number of benzene rings is 1. The first-order valence-corrected chi connectivity index (χ1v) is 10.3. The molecule has 1 fully saturated rings. The van der Waals surface area contributed by atoms with Crippen molar-refractivity contribution in [2.45, 2.75) is 44.2 Å². The lowest BCUT2D eigenvalue weighted by molar-refractivity contribution is -0.138. The van der Waals surface area contributed by atoms with E-state index in [1.807, 2.05) is 6.92 Å². The van der Waals surface area contributed by atoms with E-state index in [1.54, 1.807) is 24.3 Å². The van der Waals surface area contributed by atoms with Crippen LogP contribution in [-0.2, 0) is 16.4 Å². The van der Waals surface area contributed by atoms with Crippen molar-refractivity contribution >= 4 is 23.2 Å². The lowest BCUT2D eigenvalue weighted by Gasteiger charge is -2.38. The van der Waals surface area contributed by atoms with Crippen LogP contribution in [0.2, 0.25) is 5.02 Å². The van der Waals surface area contributed by atoms with E-state index in [1.165, 1.54) is 6.07 Å². The van der Waals surface area contributed by atoms with Gasteiger partial charge in [0.2, 0.25) is 11.8 Å². The highest BCUT2D eigenvalue weighted by Gasteiger charge is 2.46. The van der Waals surface area contributed by atoms with Crippen molar-refractivity contribution in [3.63, 3.8) is 0 Å². The highest BCUT2D eigenvalue weighted by molar-refractivity contribution is 6.30. The topological polar surface area (TPSA) is 51.2 Å². The molecule has 0 saturated heterocycles. The lowest BCUT2D eigenvalue weighted by atomic mass is 9.65. The van der Waals surface area contributed by atoms with Crippen LogP contribution in [0.15, 0.2) is 36.5 Å². The number of anilines is 1. The van der Waals surface area contributed by atoms with E-state index in [2.05, 4.69) is 10.3 Å². The number of hydrogen-bond acceptors (Lipinski definition) is 3. The van der Waals surface area contributed by atoms with E-state index >= 15 is 0 Å². The SMILES string of the molecule is C[C@@H](C(=O)Nc1ccc(Cl)cc1)[C@H]1CC[C@@]2(CC1)COc1ncc(C(F)(F)F)cc12. The molecule has 4 nitrogen and oxygen atoms in total. The molecule has 2 aromatic rings. The number of amides is 1. The van der Waals surface area contributed by atoms with Gasteiger partial charge in [0, 0.05) is 33.8 Å². The summed E-state index contributed by atoms with van der Waals surface area (Å²) >= 11 is 5.87. The number of nitrogens with zero attached hydrogens (tertiary/aromatic N) is 1. The van der Waals surface area contributed by atoms with Crippen molar-refractivity contribution in [1.82, 2.24) is 4.98 Å². The molecule has 1 atom stereocenters. The smallest absolute Gasteiger partial charge is 0.417 e. The van der Waals surface area contributed by atoms with Gasteiger partial charge in [-0.1, -0.05) is 18.5 Å². The molecule has 2 heterocycles. The number of halogens is 4. The highest BCUT2D eigenvalue weighted by atomic mass is 35.5. The predicted octanol–water partition coefficient (Wildman–Crippen LogP) is 5.85. The van der Waals surface area contributed by atoms with Crippen LogP contribution in [0.5, 0.6) is 5.88 Å². The molecule has 0 unspecified atom stereocenters. The van der Waals surface area contributed by atoms with Crippen molar-refractivity contribution in [2.24, 2.45) is 11.8 Å². The number of ether oxygens (including phenoxy) is 1. The maximum atomic E-state index is 13.1. The average Bonchev–Trinajstić information content (AvgIpc) is 3.07. The van der Waals surface area contributed by atoms with Gasteiger partial charge in [-0.3, -0.25) is 4.79 Å². The number of pyridine rings is 1. The third kappa shape index (κ3) is 4.00. The van der Waals surface area contributed by atoms with Crippen LogP contribution < -0.4 is 10.1 Å². The summed E-state index contributed by atoms with van der Waals surface area (Å²) in [6.45, 7) is 2.24. The molecule has 30 heavy (non-hydrogen) atoms. The van der Waals surface area contributed by atoms with Crippen LogP contribution in [0.4, 0.5) is 18.9 Å². The zero-order valence-corrected chi connectivity index (χ0v) is 17.2. The van der Waals surface area contributed by atoms with E-state index in [0.717, 1.165) is 19.0 Å². The molecule has 0 bridgehead atoms. The van der Waals surface area contributed by atoms with Crippen LogP contribution in [0, 0.1) is 11.8 Å². The maximum absolute atomic E-state index is 13.1. The number of aromatic nitrogens is 1. The molecule has 0 radical (unpaired) electrons. The summed E-state index contributed by atoms with van der Waals surface area (Å²) in [5.41, 5.74) is 0.0392. The molecule has 4 rings (SSSR count). The largest absolute Gasteiger partial charge is 0.476 e. The van der Waals surface area contributed by atoms with Crippen LogP contribution in [0.3, 0.4) is 0 Å². The van der Waals surface area contributed by atoms with Crippen LogP contribution >= 0.6 is 11.6 Å². The number of rotatable bonds is 3. The first-order valence-electron chi connectivity index (χ1n) is 9.95. The van der Waals surface area contributed by atoms with Gasteiger partial charge in [-0.15, -0.1) is 0 Å². The quantitative estimate of drug-likeness (QED) is 0.654. The molecule has 1 N–H and O–H groups in total. The summed E-state index contributed by atoms with van der Waals surface area (Å²) in [4.78, 5) is 16.6. The summed E-state index contributed by atoms with van der Waals surface area (Å²) < 4.78 is 45.0. The number of nitrogens with one attached hydrogen (secondary N) is 1. The van der Waals surface area contributed by atoms with E-state index in [4.69, 9.17) is 16.3 Å². The zero-order valence-electron chi connectivity index (χ0n) is 16.4. The van der Waals surface area contributed by atoms with Gasteiger partial charge in [0.1, 0.15) is 0 Å². The Morgan fingerprint density at radius 3 is 2.57 bits per heavy atom. The Morgan fingerprint density at radius 2 is 1.93 bits per heavy atom. The third-order valence-electron chi connectivity index (χ3n) is 6.45. The Hall–Kier alpha value is -2.28. The molecule has 160 valence electrons. The Bertz CT molecular complexity index is 938. The predicted molar refractivity (Wildman–Crippen MR) is 108 cm³/mol. The Morgan fingerprint density at radius 1 is 1.27 bits per heavy atom. The fraction of sp³-hybridized carbons (Fsp3) is 0.455. The molecular weight excluding hydrogens is 417 g/mol. The fourth-order valence-electron chi connectivity index (χ4n) is 4.50. The second-order valence-electron chi connectivity index (χ2n) is 8.27. The van der Waals surface area contributed by atoms with Crippen molar-refractivity contribution in [3.8, 4) is 5.88 Å². The molecule has 1 aromatic carbocycles. The Balaban J connectivity index is 1.43. The summed E-state index contributed by atoms with van der Waals surface area (Å²) in [5, 5.41) is 3.51. The minimum atomic E-state index is -4.43. The monoisotopic (exact) mass is 438 g/mol. The molecule has 1 amide bonds. The van der Waals surface area contributed by atoms with Crippen molar-refractivity contribution in [1.29, 1.82) is 0 Å². The standard InChI is InChI=1S/C22H22ClF3N2O2/c1-13(19(29)28-17-4-2-16(23)3-5-17)14-6-8-21(9-7-14)12-30-20-18(21)10-15(11-27-20)22(24,25)26/h2-5,10-11,13-14H,6-9,12H2,1H3,(H,28,29)/t13-,14-,21+/m1/s1. The van der Waals surface area contributed by atoms with Gasteiger partial charge in [-0.05, 0) is 61.9 Å². The molecule has 1 aliphatic heterocycles. The average molecular weight is 439 g/mol. The van der Waals surface area contributed by atoms with Gasteiger partial charge in [0.15, 0.2) is 0 Å². The normalized spacial score (nSPS) is 24.2. The number of alkyl halides is 3. The summed E-state index contributed by atoms with van der Waals surface area (Å²) in [7, 11) is 0. The van der Waals surface area contributed by atoms with Crippen LogP contribution in [-0.4, -0.2) is 17.5 Å². The molecule has 1 aliphatic carbocycles.